The molecule has 0 saturated carbocycles. The van der Waals surface area contributed by atoms with Gasteiger partial charge in [0.25, 0.3) is 0 Å². The maximum atomic E-state index is 5.64. The number of hydrogen-bond donors (Lipinski definition) is 1. The summed E-state index contributed by atoms with van der Waals surface area (Å²) in [5, 5.41) is 0. The molecule has 0 aliphatic carbocycles. The molecule has 1 aliphatic heterocycles. The summed E-state index contributed by atoms with van der Waals surface area (Å²) in [5.74, 6) is 0. The van der Waals surface area contributed by atoms with Crippen LogP contribution in [0, 0.1) is 0 Å². The number of morpholine rings is 1. The van der Waals surface area contributed by atoms with Gasteiger partial charge in [0.2, 0.25) is 0 Å². The molecule has 1 fully saturated rings. The number of nitrogens with zero attached hydrogens (tertiary/aromatic N) is 2. The molecular weight excluding hydrogens is 222 g/mol. The van der Waals surface area contributed by atoms with Gasteiger partial charge in [0, 0.05) is 32.4 Å². The second-order valence-electron chi connectivity index (χ2n) is 3.91. The van der Waals surface area contributed by atoms with E-state index in [1.54, 1.807) is 0 Å². The van der Waals surface area contributed by atoms with E-state index in [1.807, 2.05) is 18.3 Å². The summed E-state index contributed by atoms with van der Waals surface area (Å²) >= 11 is 5.00. The number of hydrogen-bond acceptors (Lipinski definition) is 3. The average Bonchev–Trinajstić information content (AvgIpc) is 2.76. The highest BCUT2D eigenvalue weighted by Gasteiger charge is 2.10. The maximum absolute atomic E-state index is 5.64. The fraction of sp³-hybridized carbons (Fsp3) is 0.545. The quantitative estimate of drug-likeness (QED) is 0.775. The summed E-state index contributed by atoms with van der Waals surface area (Å²) in [5.41, 5.74) is 6.59. The third kappa shape index (κ3) is 2.81. The van der Waals surface area contributed by atoms with Gasteiger partial charge in [0.05, 0.1) is 18.9 Å². The molecule has 1 saturated heterocycles. The Morgan fingerprint density at radius 3 is 2.81 bits per heavy atom. The maximum Gasteiger partial charge on any atom is 0.120 e. The summed E-state index contributed by atoms with van der Waals surface area (Å²) in [7, 11) is 0. The van der Waals surface area contributed by atoms with Crippen molar-refractivity contribution >= 4 is 17.2 Å². The lowest BCUT2D eigenvalue weighted by atomic mass is 10.4. The number of ether oxygens (including phenoxy) is 1. The first kappa shape index (κ1) is 11.6. The molecule has 2 heterocycles. The Balaban J connectivity index is 1.88. The molecule has 2 N–H and O–H groups in total. The van der Waals surface area contributed by atoms with Crippen LogP contribution in [0.1, 0.15) is 5.69 Å². The normalized spacial score (nSPS) is 17.5. The third-order valence-electron chi connectivity index (χ3n) is 2.84. The van der Waals surface area contributed by atoms with E-state index in [4.69, 9.17) is 22.7 Å². The van der Waals surface area contributed by atoms with Gasteiger partial charge in [-0.1, -0.05) is 12.2 Å². The minimum absolute atomic E-state index is 0.465. The van der Waals surface area contributed by atoms with Crippen molar-refractivity contribution in [3.05, 3.63) is 24.0 Å². The molecule has 0 amide bonds. The van der Waals surface area contributed by atoms with Gasteiger partial charge in [-0.15, -0.1) is 0 Å². The van der Waals surface area contributed by atoms with Crippen molar-refractivity contribution in [1.29, 1.82) is 0 Å². The van der Waals surface area contributed by atoms with Gasteiger partial charge in [-0.2, -0.15) is 0 Å². The molecule has 0 aromatic carbocycles. The molecule has 2 rings (SSSR count). The van der Waals surface area contributed by atoms with Crippen molar-refractivity contribution in [3.63, 3.8) is 0 Å². The minimum Gasteiger partial charge on any atom is -0.388 e. The van der Waals surface area contributed by atoms with E-state index in [9.17, 15) is 0 Å². The van der Waals surface area contributed by atoms with Gasteiger partial charge in [-0.3, -0.25) is 4.90 Å². The Hall–Kier alpha value is -0.910. The van der Waals surface area contributed by atoms with E-state index < -0.39 is 0 Å². The van der Waals surface area contributed by atoms with Gasteiger partial charge in [-0.25, -0.2) is 0 Å². The fourth-order valence-corrected chi connectivity index (χ4v) is 2.09. The molecule has 1 aromatic heterocycles. The van der Waals surface area contributed by atoms with Crippen LogP contribution < -0.4 is 5.73 Å². The molecule has 0 bridgehead atoms. The second kappa shape index (κ2) is 5.43. The van der Waals surface area contributed by atoms with Crippen molar-refractivity contribution in [2.24, 2.45) is 5.73 Å². The smallest absolute Gasteiger partial charge is 0.120 e. The Morgan fingerprint density at radius 1 is 1.38 bits per heavy atom. The molecule has 0 spiro atoms. The minimum atomic E-state index is 0.465. The van der Waals surface area contributed by atoms with Crippen molar-refractivity contribution in [3.8, 4) is 0 Å². The van der Waals surface area contributed by atoms with E-state index in [0.29, 0.717) is 4.99 Å². The number of nitrogens with two attached hydrogens (primary N) is 1. The first-order valence-corrected chi connectivity index (χ1v) is 5.93. The monoisotopic (exact) mass is 239 g/mol. The van der Waals surface area contributed by atoms with Gasteiger partial charge in [-0.05, 0) is 12.1 Å². The summed E-state index contributed by atoms with van der Waals surface area (Å²) < 4.78 is 7.42. The Morgan fingerprint density at radius 2 is 2.12 bits per heavy atom. The zero-order valence-corrected chi connectivity index (χ0v) is 10.1. The first-order valence-electron chi connectivity index (χ1n) is 5.52. The van der Waals surface area contributed by atoms with E-state index in [-0.39, 0.29) is 0 Å². The third-order valence-corrected chi connectivity index (χ3v) is 3.05. The molecular formula is C11H17N3OS. The Labute approximate surface area is 101 Å². The number of aromatic nitrogens is 1. The van der Waals surface area contributed by atoms with Crippen LogP contribution in [0.25, 0.3) is 0 Å². The topological polar surface area (TPSA) is 43.4 Å². The van der Waals surface area contributed by atoms with Crippen LogP contribution in [0.2, 0.25) is 0 Å². The largest absolute Gasteiger partial charge is 0.388 e. The van der Waals surface area contributed by atoms with E-state index in [2.05, 4.69) is 9.47 Å². The number of rotatable bonds is 4. The lowest BCUT2D eigenvalue weighted by Crippen LogP contribution is -2.38. The summed E-state index contributed by atoms with van der Waals surface area (Å²) in [6.07, 6.45) is 2.02. The molecule has 0 radical (unpaired) electrons. The first-order chi connectivity index (χ1) is 7.77. The Bertz CT molecular complexity index is 358. The van der Waals surface area contributed by atoms with E-state index >= 15 is 0 Å². The van der Waals surface area contributed by atoms with Gasteiger partial charge < -0.3 is 15.0 Å². The highest BCUT2D eigenvalue weighted by atomic mass is 32.1. The molecule has 0 atom stereocenters. The standard InChI is InChI=1S/C11H17N3OS/c12-11(16)10-2-1-3-14(10)5-4-13-6-8-15-9-7-13/h1-3H,4-9H2,(H2,12,16). The van der Waals surface area contributed by atoms with Crippen LogP contribution >= 0.6 is 12.2 Å². The SMILES string of the molecule is NC(=S)c1cccn1CCN1CCOCC1. The Kier molecular flexibility index (Phi) is 3.93. The predicted octanol–water partition coefficient (Wildman–Crippen LogP) is 0.454. The van der Waals surface area contributed by atoms with Crippen molar-refractivity contribution < 1.29 is 4.74 Å². The fourth-order valence-electron chi connectivity index (χ4n) is 1.91. The highest BCUT2D eigenvalue weighted by Crippen LogP contribution is 2.04. The lowest BCUT2D eigenvalue weighted by molar-refractivity contribution is 0.0364. The average molecular weight is 239 g/mol. The predicted molar refractivity (Wildman–Crippen MR) is 67.6 cm³/mol. The summed E-state index contributed by atoms with van der Waals surface area (Å²) in [6, 6.07) is 3.94. The molecule has 0 unspecified atom stereocenters. The van der Waals surface area contributed by atoms with Crippen molar-refractivity contribution in [2.45, 2.75) is 6.54 Å². The lowest BCUT2D eigenvalue weighted by Gasteiger charge is -2.26. The van der Waals surface area contributed by atoms with Gasteiger partial charge >= 0.3 is 0 Å². The van der Waals surface area contributed by atoms with Crippen molar-refractivity contribution in [1.82, 2.24) is 9.47 Å². The molecule has 88 valence electrons. The molecule has 16 heavy (non-hydrogen) atoms. The second-order valence-corrected chi connectivity index (χ2v) is 4.34. The molecule has 1 aromatic rings. The van der Waals surface area contributed by atoms with Crippen LogP contribution in [0.4, 0.5) is 0 Å². The van der Waals surface area contributed by atoms with Crippen LogP contribution in [0.3, 0.4) is 0 Å². The van der Waals surface area contributed by atoms with E-state index in [0.717, 1.165) is 45.1 Å². The van der Waals surface area contributed by atoms with Crippen LogP contribution in [-0.4, -0.2) is 47.3 Å². The molecule has 4 nitrogen and oxygen atoms in total. The molecule has 1 aliphatic rings. The van der Waals surface area contributed by atoms with Crippen LogP contribution in [-0.2, 0) is 11.3 Å². The van der Waals surface area contributed by atoms with Crippen LogP contribution in [0.5, 0.6) is 0 Å². The molecule has 5 heteroatoms. The van der Waals surface area contributed by atoms with Crippen molar-refractivity contribution in [2.75, 3.05) is 32.8 Å². The summed E-state index contributed by atoms with van der Waals surface area (Å²) in [6.45, 7) is 5.67. The van der Waals surface area contributed by atoms with Gasteiger partial charge in [0.15, 0.2) is 0 Å². The number of thiocarbonyl (C=S) groups is 1. The zero-order valence-electron chi connectivity index (χ0n) is 9.26. The zero-order chi connectivity index (χ0) is 11.4. The highest BCUT2D eigenvalue weighted by molar-refractivity contribution is 7.80. The van der Waals surface area contributed by atoms with E-state index in [1.165, 1.54) is 0 Å². The summed E-state index contributed by atoms with van der Waals surface area (Å²) in [4.78, 5) is 2.86. The van der Waals surface area contributed by atoms with Gasteiger partial charge in [0.1, 0.15) is 4.99 Å². The van der Waals surface area contributed by atoms with Crippen LogP contribution in [0.15, 0.2) is 18.3 Å².